The molecule has 31 heavy (non-hydrogen) atoms. The highest BCUT2D eigenvalue weighted by Gasteiger charge is 2.31. The Morgan fingerprint density at radius 3 is 2.58 bits per heavy atom. The maximum Gasteiger partial charge on any atom is 0.286 e. The van der Waals surface area contributed by atoms with E-state index >= 15 is 0 Å². The van der Waals surface area contributed by atoms with Crippen LogP contribution in [0.15, 0.2) is 42.5 Å². The van der Waals surface area contributed by atoms with Crippen molar-refractivity contribution in [2.24, 2.45) is 0 Å². The van der Waals surface area contributed by atoms with Crippen LogP contribution in [0.5, 0.6) is 5.75 Å². The molecule has 8 heteroatoms. The van der Waals surface area contributed by atoms with Gasteiger partial charge in [-0.2, -0.15) is 5.10 Å². The van der Waals surface area contributed by atoms with E-state index < -0.39 is 0 Å². The molecule has 2 aromatic carbocycles. The third kappa shape index (κ3) is 3.91. The number of rotatable bonds is 3. The molecule has 1 amide bonds. The standard InChI is InChI=1S/C23H22Cl2N4O2/c24-15-9-10-19(18(25)13-15)29-22-16-7-3-4-8-20(16)31-14-17(22)21(26-29)23(30)27-28-11-5-1-2-6-12-28/h3-4,7-10,13H,1-2,5-6,11-12,14H2,(H,27,30). The number of carbonyl (C=O) groups excluding carboxylic acids is 1. The largest absolute Gasteiger partial charge is 0.488 e. The lowest BCUT2D eigenvalue weighted by atomic mass is 10.0. The number of halogens is 2. The predicted molar refractivity (Wildman–Crippen MR) is 121 cm³/mol. The second-order valence-corrected chi connectivity index (χ2v) is 8.65. The smallest absolute Gasteiger partial charge is 0.286 e. The first-order chi connectivity index (χ1) is 15.1. The number of benzene rings is 2. The quantitative estimate of drug-likeness (QED) is 0.583. The van der Waals surface area contributed by atoms with Crippen molar-refractivity contribution in [3.8, 4) is 22.7 Å². The molecule has 1 saturated heterocycles. The van der Waals surface area contributed by atoms with E-state index in [1.807, 2.05) is 35.3 Å². The molecule has 3 aromatic rings. The van der Waals surface area contributed by atoms with Gasteiger partial charge in [-0.25, -0.2) is 9.69 Å². The molecule has 1 aromatic heterocycles. The van der Waals surface area contributed by atoms with E-state index in [1.54, 1.807) is 16.8 Å². The Hall–Kier alpha value is -2.54. The molecule has 2 aliphatic rings. The van der Waals surface area contributed by atoms with Crippen LogP contribution >= 0.6 is 23.2 Å². The van der Waals surface area contributed by atoms with Crippen LogP contribution in [0, 0.1) is 0 Å². The van der Waals surface area contributed by atoms with Crippen molar-refractivity contribution in [2.75, 3.05) is 13.1 Å². The van der Waals surface area contributed by atoms with Crippen LogP contribution < -0.4 is 10.2 Å². The zero-order valence-electron chi connectivity index (χ0n) is 16.9. The van der Waals surface area contributed by atoms with Gasteiger partial charge in [-0.1, -0.05) is 48.2 Å². The maximum atomic E-state index is 13.3. The summed E-state index contributed by atoms with van der Waals surface area (Å²) in [5.41, 5.74) is 6.48. The van der Waals surface area contributed by atoms with Crippen LogP contribution in [0.3, 0.4) is 0 Å². The minimum Gasteiger partial charge on any atom is -0.488 e. The van der Waals surface area contributed by atoms with E-state index in [1.165, 1.54) is 12.8 Å². The number of para-hydroxylation sites is 1. The second kappa shape index (κ2) is 8.54. The van der Waals surface area contributed by atoms with Crippen molar-refractivity contribution in [3.05, 3.63) is 63.8 Å². The molecule has 1 fully saturated rings. The molecule has 0 aliphatic carbocycles. The highest BCUT2D eigenvalue weighted by Crippen LogP contribution is 2.41. The number of nitrogens with zero attached hydrogens (tertiary/aromatic N) is 3. The molecule has 5 rings (SSSR count). The number of ether oxygens (including phenoxy) is 1. The molecular formula is C23H22Cl2N4O2. The van der Waals surface area contributed by atoms with E-state index in [2.05, 4.69) is 5.43 Å². The lowest BCUT2D eigenvalue weighted by molar-refractivity contribution is 0.0786. The summed E-state index contributed by atoms with van der Waals surface area (Å²) >= 11 is 12.6. The van der Waals surface area contributed by atoms with Crippen molar-refractivity contribution in [1.29, 1.82) is 0 Å². The van der Waals surface area contributed by atoms with Crippen LogP contribution in [-0.2, 0) is 6.61 Å². The number of aromatic nitrogens is 2. The Labute approximate surface area is 190 Å². The van der Waals surface area contributed by atoms with Crippen molar-refractivity contribution in [3.63, 3.8) is 0 Å². The van der Waals surface area contributed by atoms with Gasteiger partial charge >= 0.3 is 0 Å². The van der Waals surface area contributed by atoms with E-state index in [4.69, 9.17) is 33.0 Å². The first kappa shape index (κ1) is 20.4. The highest BCUT2D eigenvalue weighted by atomic mass is 35.5. The molecule has 0 atom stereocenters. The molecule has 0 bridgehead atoms. The number of fused-ring (bicyclic) bond motifs is 3. The average Bonchev–Trinajstić information content (AvgIpc) is 2.97. The molecule has 160 valence electrons. The Bertz CT molecular complexity index is 1140. The van der Waals surface area contributed by atoms with Gasteiger partial charge in [0.2, 0.25) is 0 Å². The minimum atomic E-state index is -0.232. The minimum absolute atomic E-state index is 0.232. The summed E-state index contributed by atoms with van der Waals surface area (Å²) in [5.74, 6) is 0.519. The zero-order valence-corrected chi connectivity index (χ0v) is 18.4. The third-order valence-corrected chi connectivity index (χ3v) is 6.25. The number of hydrogen-bond acceptors (Lipinski definition) is 4. The molecule has 3 heterocycles. The van der Waals surface area contributed by atoms with Crippen LogP contribution in [-0.4, -0.2) is 33.8 Å². The van der Waals surface area contributed by atoms with Gasteiger partial charge in [0.15, 0.2) is 5.69 Å². The van der Waals surface area contributed by atoms with Crippen LogP contribution in [0.4, 0.5) is 0 Å². The van der Waals surface area contributed by atoms with Crippen LogP contribution in [0.25, 0.3) is 16.9 Å². The predicted octanol–water partition coefficient (Wildman–Crippen LogP) is 5.26. The van der Waals surface area contributed by atoms with Crippen molar-refractivity contribution in [1.82, 2.24) is 20.2 Å². The highest BCUT2D eigenvalue weighted by molar-refractivity contribution is 6.35. The Morgan fingerprint density at radius 2 is 1.81 bits per heavy atom. The molecular weight excluding hydrogens is 435 g/mol. The number of hydrazine groups is 1. The first-order valence-electron chi connectivity index (χ1n) is 10.5. The van der Waals surface area contributed by atoms with Gasteiger partial charge in [0.05, 0.1) is 16.4 Å². The summed E-state index contributed by atoms with van der Waals surface area (Å²) in [4.78, 5) is 13.3. The summed E-state index contributed by atoms with van der Waals surface area (Å²) in [5, 5.41) is 7.70. The lowest BCUT2D eigenvalue weighted by Crippen LogP contribution is -2.43. The average molecular weight is 457 g/mol. The second-order valence-electron chi connectivity index (χ2n) is 7.81. The number of amides is 1. The van der Waals surface area contributed by atoms with E-state index in [-0.39, 0.29) is 12.5 Å². The maximum absolute atomic E-state index is 13.3. The Balaban J connectivity index is 1.60. The first-order valence-corrected chi connectivity index (χ1v) is 11.2. The van der Waals surface area contributed by atoms with Gasteiger partial charge in [-0.3, -0.25) is 10.2 Å². The fourth-order valence-electron chi connectivity index (χ4n) is 4.19. The number of nitrogens with one attached hydrogen (secondary N) is 1. The lowest BCUT2D eigenvalue weighted by Gasteiger charge is -2.21. The van der Waals surface area contributed by atoms with E-state index in [9.17, 15) is 4.79 Å². The SMILES string of the molecule is O=C(NN1CCCCCC1)c1nn(-c2ccc(Cl)cc2Cl)c2c1COc1ccccc1-2. The van der Waals surface area contributed by atoms with E-state index in [0.717, 1.165) is 48.5 Å². The van der Waals surface area contributed by atoms with Gasteiger partial charge < -0.3 is 4.74 Å². The summed E-state index contributed by atoms with van der Waals surface area (Å²) in [6, 6.07) is 13.0. The Morgan fingerprint density at radius 1 is 1.03 bits per heavy atom. The van der Waals surface area contributed by atoms with Gasteiger partial charge in [0.25, 0.3) is 5.91 Å². The molecule has 2 aliphatic heterocycles. The molecule has 6 nitrogen and oxygen atoms in total. The third-order valence-electron chi connectivity index (χ3n) is 5.72. The van der Waals surface area contributed by atoms with Gasteiger partial charge in [-0.15, -0.1) is 0 Å². The topological polar surface area (TPSA) is 59.4 Å². The fourth-order valence-corrected chi connectivity index (χ4v) is 4.68. The molecule has 0 saturated carbocycles. The van der Waals surface area contributed by atoms with Crippen molar-refractivity contribution < 1.29 is 9.53 Å². The van der Waals surface area contributed by atoms with Crippen LogP contribution in [0.2, 0.25) is 10.0 Å². The number of hydrogen-bond donors (Lipinski definition) is 1. The fraction of sp³-hybridized carbons (Fsp3) is 0.304. The summed E-state index contributed by atoms with van der Waals surface area (Å²) in [7, 11) is 0. The summed E-state index contributed by atoms with van der Waals surface area (Å²) in [6.45, 7) is 1.95. The Kier molecular flexibility index (Phi) is 5.61. The van der Waals surface area contributed by atoms with Crippen molar-refractivity contribution >= 4 is 29.1 Å². The molecule has 0 spiro atoms. The van der Waals surface area contributed by atoms with Crippen LogP contribution in [0.1, 0.15) is 41.7 Å². The number of carbonyl (C=O) groups is 1. The normalized spacial score (nSPS) is 16.1. The zero-order chi connectivity index (χ0) is 21.4. The van der Waals surface area contributed by atoms with Crippen molar-refractivity contribution in [2.45, 2.75) is 32.3 Å². The molecule has 0 radical (unpaired) electrons. The van der Waals surface area contributed by atoms with Gasteiger partial charge in [0, 0.05) is 29.2 Å². The molecule has 1 N–H and O–H groups in total. The van der Waals surface area contributed by atoms with Gasteiger partial charge in [-0.05, 0) is 43.2 Å². The van der Waals surface area contributed by atoms with Gasteiger partial charge in [0.1, 0.15) is 12.4 Å². The monoisotopic (exact) mass is 456 g/mol. The summed E-state index contributed by atoms with van der Waals surface area (Å²) < 4.78 is 7.68. The summed E-state index contributed by atoms with van der Waals surface area (Å²) in [6.07, 6.45) is 4.53. The van der Waals surface area contributed by atoms with E-state index in [0.29, 0.717) is 21.4 Å². The molecule has 0 unspecified atom stereocenters.